The number of hydrogen-bond donors (Lipinski definition) is 2. The van der Waals surface area contributed by atoms with Gasteiger partial charge in [-0.25, -0.2) is 4.79 Å². The summed E-state index contributed by atoms with van der Waals surface area (Å²) in [7, 11) is 0. The van der Waals surface area contributed by atoms with Crippen LogP contribution in [0.3, 0.4) is 0 Å². The van der Waals surface area contributed by atoms with E-state index in [2.05, 4.69) is 53.8 Å². The van der Waals surface area contributed by atoms with Crippen molar-refractivity contribution in [3.8, 4) is 0 Å². The number of rotatable bonds is 6. The molecule has 0 aliphatic carbocycles. The van der Waals surface area contributed by atoms with Crippen molar-refractivity contribution in [2.45, 2.75) is 47.1 Å². The molecule has 1 aromatic heterocycles. The van der Waals surface area contributed by atoms with Crippen molar-refractivity contribution in [1.29, 1.82) is 0 Å². The van der Waals surface area contributed by atoms with Gasteiger partial charge >= 0.3 is 6.03 Å². The Bertz CT molecular complexity index is 658. The van der Waals surface area contributed by atoms with Crippen LogP contribution in [0, 0.1) is 20.8 Å². The lowest BCUT2D eigenvalue weighted by atomic mass is 10.1. The number of carbonyl (C=O) groups is 1. The number of nitrogens with one attached hydrogen (secondary N) is 2. The van der Waals surface area contributed by atoms with Gasteiger partial charge in [0.25, 0.3) is 0 Å². The minimum absolute atomic E-state index is 0.167. The predicted octanol–water partition coefficient (Wildman–Crippen LogP) is 3.78. The number of unbranched alkanes of at least 4 members (excludes halogenated alkanes) is 1. The Hall–Kier alpha value is -2.30. The second-order valence-corrected chi connectivity index (χ2v) is 5.92. The van der Waals surface area contributed by atoms with Gasteiger partial charge in [0, 0.05) is 6.54 Å². The summed E-state index contributed by atoms with van der Waals surface area (Å²) in [5.74, 6) is 0. The van der Waals surface area contributed by atoms with Crippen LogP contribution in [0.25, 0.3) is 0 Å². The number of urea groups is 1. The summed E-state index contributed by atoms with van der Waals surface area (Å²) in [5, 5.41) is 10.3. The predicted molar refractivity (Wildman–Crippen MR) is 93.9 cm³/mol. The molecule has 1 heterocycles. The Morgan fingerprint density at radius 2 is 1.87 bits per heavy atom. The Morgan fingerprint density at radius 3 is 2.52 bits per heavy atom. The van der Waals surface area contributed by atoms with Crippen LogP contribution < -0.4 is 10.6 Å². The fourth-order valence-corrected chi connectivity index (χ4v) is 2.43. The zero-order valence-electron chi connectivity index (χ0n) is 14.4. The van der Waals surface area contributed by atoms with E-state index in [0.717, 1.165) is 29.9 Å². The average Bonchev–Trinajstić information content (AvgIpc) is 2.77. The molecule has 0 fully saturated rings. The van der Waals surface area contributed by atoms with Crippen LogP contribution in [0.4, 0.5) is 10.5 Å². The summed E-state index contributed by atoms with van der Waals surface area (Å²) in [5.41, 5.74) is 5.04. The molecule has 0 saturated heterocycles. The second-order valence-electron chi connectivity index (χ2n) is 5.92. The monoisotopic (exact) mass is 314 g/mol. The van der Waals surface area contributed by atoms with Crippen LogP contribution in [0.1, 0.15) is 42.3 Å². The van der Waals surface area contributed by atoms with Crippen molar-refractivity contribution in [3.63, 3.8) is 0 Å². The number of aryl methyl sites for hydroxylation is 2. The van der Waals surface area contributed by atoms with Gasteiger partial charge in [-0.15, -0.1) is 0 Å². The first-order valence-corrected chi connectivity index (χ1v) is 8.15. The molecule has 5 heteroatoms. The van der Waals surface area contributed by atoms with Gasteiger partial charge in [0.2, 0.25) is 0 Å². The molecule has 0 spiro atoms. The van der Waals surface area contributed by atoms with Crippen LogP contribution in [0.2, 0.25) is 0 Å². The number of amides is 2. The Morgan fingerprint density at radius 1 is 1.17 bits per heavy atom. The molecule has 0 bridgehead atoms. The van der Waals surface area contributed by atoms with Gasteiger partial charge in [0.1, 0.15) is 0 Å². The van der Waals surface area contributed by atoms with Crippen molar-refractivity contribution in [1.82, 2.24) is 15.1 Å². The van der Waals surface area contributed by atoms with E-state index < -0.39 is 0 Å². The van der Waals surface area contributed by atoms with Gasteiger partial charge in [-0.05, 0) is 32.8 Å². The first kappa shape index (κ1) is 17.1. The second kappa shape index (κ2) is 7.81. The molecular formula is C18H26N4O. The molecular weight excluding hydrogens is 288 g/mol. The van der Waals surface area contributed by atoms with Crippen LogP contribution in [0.15, 0.2) is 24.3 Å². The van der Waals surface area contributed by atoms with Crippen LogP contribution in [-0.2, 0) is 6.54 Å². The van der Waals surface area contributed by atoms with Crippen LogP contribution in [0.5, 0.6) is 0 Å². The average molecular weight is 314 g/mol. The highest BCUT2D eigenvalue weighted by Crippen LogP contribution is 2.20. The third-order valence-electron chi connectivity index (χ3n) is 3.89. The lowest BCUT2D eigenvalue weighted by Crippen LogP contribution is -2.29. The molecule has 2 aromatic rings. The Kier molecular flexibility index (Phi) is 5.79. The smallest absolute Gasteiger partial charge is 0.319 e. The van der Waals surface area contributed by atoms with E-state index in [-0.39, 0.29) is 6.03 Å². The molecule has 0 atom stereocenters. The molecule has 0 aliphatic heterocycles. The van der Waals surface area contributed by atoms with Gasteiger partial charge in [0.05, 0.1) is 23.6 Å². The minimum Gasteiger partial charge on any atom is -0.338 e. The van der Waals surface area contributed by atoms with E-state index in [4.69, 9.17) is 0 Å². The SMILES string of the molecule is CCCCNC(=O)Nc1c(C)nn(Cc2ccc(C)cc2)c1C. The maximum atomic E-state index is 11.9. The van der Waals surface area contributed by atoms with Crippen LogP contribution in [-0.4, -0.2) is 22.4 Å². The van der Waals surface area contributed by atoms with Crippen molar-refractivity contribution >= 4 is 11.7 Å². The molecule has 0 saturated carbocycles. The number of benzene rings is 1. The highest BCUT2D eigenvalue weighted by molar-refractivity contribution is 5.90. The van der Waals surface area contributed by atoms with Crippen LogP contribution >= 0.6 is 0 Å². The quantitative estimate of drug-likeness (QED) is 0.797. The normalized spacial score (nSPS) is 10.6. The first-order chi connectivity index (χ1) is 11.0. The van der Waals surface area contributed by atoms with E-state index in [1.54, 1.807) is 0 Å². The largest absolute Gasteiger partial charge is 0.338 e. The van der Waals surface area contributed by atoms with Gasteiger partial charge < -0.3 is 10.6 Å². The topological polar surface area (TPSA) is 59.0 Å². The van der Waals surface area contributed by atoms with Crippen molar-refractivity contribution in [3.05, 3.63) is 46.8 Å². The molecule has 5 nitrogen and oxygen atoms in total. The fraction of sp³-hybridized carbons (Fsp3) is 0.444. The number of carbonyl (C=O) groups excluding carboxylic acids is 1. The molecule has 2 rings (SSSR count). The number of aromatic nitrogens is 2. The van der Waals surface area contributed by atoms with E-state index >= 15 is 0 Å². The maximum absolute atomic E-state index is 11.9. The lowest BCUT2D eigenvalue weighted by molar-refractivity contribution is 0.252. The third-order valence-corrected chi connectivity index (χ3v) is 3.89. The molecule has 0 aliphatic rings. The third kappa shape index (κ3) is 4.58. The van der Waals surface area contributed by atoms with Gasteiger partial charge in [-0.1, -0.05) is 43.2 Å². The summed E-state index contributed by atoms with van der Waals surface area (Å²) in [6.07, 6.45) is 2.05. The highest BCUT2D eigenvalue weighted by Gasteiger charge is 2.14. The van der Waals surface area contributed by atoms with Gasteiger partial charge in [0.15, 0.2) is 0 Å². The highest BCUT2D eigenvalue weighted by atomic mass is 16.2. The summed E-state index contributed by atoms with van der Waals surface area (Å²) >= 11 is 0. The molecule has 124 valence electrons. The summed E-state index contributed by atoms with van der Waals surface area (Å²) in [6.45, 7) is 9.47. The summed E-state index contributed by atoms with van der Waals surface area (Å²) in [6, 6.07) is 8.25. The fourth-order valence-electron chi connectivity index (χ4n) is 2.43. The molecule has 2 amide bonds. The Labute approximate surface area is 138 Å². The molecule has 0 radical (unpaired) electrons. The molecule has 2 N–H and O–H groups in total. The Balaban J connectivity index is 2.06. The van der Waals surface area contributed by atoms with E-state index in [0.29, 0.717) is 13.1 Å². The van der Waals surface area contributed by atoms with Crippen molar-refractivity contribution < 1.29 is 4.79 Å². The summed E-state index contributed by atoms with van der Waals surface area (Å²) in [4.78, 5) is 11.9. The number of nitrogens with zero attached hydrogens (tertiary/aromatic N) is 2. The zero-order chi connectivity index (χ0) is 16.8. The van der Waals surface area contributed by atoms with Crippen molar-refractivity contribution in [2.75, 3.05) is 11.9 Å². The van der Waals surface area contributed by atoms with E-state index in [1.807, 2.05) is 18.5 Å². The lowest BCUT2D eigenvalue weighted by Gasteiger charge is -2.08. The zero-order valence-corrected chi connectivity index (χ0v) is 14.4. The van der Waals surface area contributed by atoms with Gasteiger partial charge in [-0.3, -0.25) is 4.68 Å². The standard InChI is InChI=1S/C18H26N4O/c1-5-6-11-19-18(23)20-17-14(3)21-22(15(17)4)12-16-9-7-13(2)8-10-16/h7-10H,5-6,11-12H2,1-4H3,(H2,19,20,23). The number of anilines is 1. The molecule has 0 unspecified atom stereocenters. The maximum Gasteiger partial charge on any atom is 0.319 e. The summed E-state index contributed by atoms with van der Waals surface area (Å²) < 4.78 is 1.93. The van der Waals surface area contributed by atoms with E-state index in [9.17, 15) is 4.79 Å². The van der Waals surface area contributed by atoms with Crippen molar-refractivity contribution in [2.24, 2.45) is 0 Å². The van der Waals surface area contributed by atoms with E-state index in [1.165, 1.54) is 11.1 Å². The van der Waals surface area contributed by atoms with Gasteiger partial charge in [-0.2, -0.15) is 5.10 Å². The first-order valence-electron chi connectivity index (χ1n) is 8.15. The molecule has 23 heavy (non-hydrogen) atoms. The minimum atomic E-state index is -0.167. The molecule has 1 aromatic carbocycles. The number of hydrogen-bond acceptors (Lipinski definition) is 2.